The minimum Gasteiger partial charge on any atom is -0.350 e. The Balaban J connectivity index is 1.78. The number of hydrogen-bond donors (Lipinski definition) is 1. The number of carbonyl (C=O) groups is 1. The van der Waals surface area contributed by atoms with Gasteiger partial charge >= 0.3 is 0 Å². The van der Waals surface area contributed by atoms with Gasteiger partial charge in [-0.05, 0) is 30.1 Å². The number of thiophene rings is 1. The van der Waals surface area contributed by atoms with Crippen molar-refractivity contribution in [3.05, 3.63) is 57.2 Å². The predicted molar refractivity (Wildman–Crippen MR) is 84.0 cm³/mol. The van der Waals surface area contributed by atoms with E-state index in [-0.39, 0.29) is 5.91 Å². The van der Waals surface area contributed by atoms with Gasteiger partial charge in [-0.1, -0.05) is 35.9 Å². The van der Waals surface area contributed by atoms with Crippen LogP contribution in [-0.4, -0.2) is 24.4 Å². The standard InChI is InChI=1S/C15H17ClN2OS/c1-18(10-12-5-2-3-7-14(12)16)11-15(19)17-9-13-6-4-8-20-13/h2-8H,9-11H2,1H3,(H,17,19). The van der Waals surface area contributed by atoms with Gasteiger partial charge in [0, 0.05) is 16.4 Å². The van der Waals surface area contributed by atoms with Gasteiger partial charge in [0.1, 0.15) is 0 Å². The average molecular weight is 309 g/mol. The average Bonchev–Trinajstić information content (AvgIpc) is 2.92. The van der Waals surface area contributed by atoms with Crippen LogP contribution in [0.3, 0.4) is 0 Å². The van der Waals surface area contributed by atoms with Crippen molar-refractivity contribution in [3.63, 3.8) is 0 Å². The van der Waals surface area contributed by atoms with Gasteiger partial charge in [-0.3, -0.25) is 9.69 Å². The molecule has 20 heavy (non-hydrogen) atoms. The normalized spacial score (nSPS) is 10.8. The molecule has 3 nitrogen and oxygen atoms in total. The Morgan fingerprint density at radius 2 is 2.10 bits per heavy atom. The van der Waals surface area contributed by atoms with Crippen molar-refractivity contribution in [2.24, 2.45) is 0 Å². The van der Waals surface area contributed by atoms with Crippen molar-refractivity contribution in [1.29, 1.82) is 0 Å². The first-order valence-corrected chi connectivity index (χ1v) is 7.62. The highest BCUT2D eigenvalue weighted by Gasteiger charge is 2.08. The number of nitrogens with zero attached hydrogens (tertiary/aromatic N) is 1. The molecule has 0 unspecified atom stereocenters. The molecule has 0 aliphatic carbocycles. The molecule has 2 aromatic rings. The number of carbonyl (C=O) groups excluding carboxylic acids is 1. The van der Waals surface area contributed by atoms with Crippen molar-refractivity contribution < 1.29 is 4.79 Å². The molecule has 1 N–H and O–H groups in total. The zero-order valence-electron chi connectivity index (χ0n) is 11.3. The van der Waals surface area contributed by atoms with Gasteiger partial charge in [0.15, 0.2) is 0 Å². The fourth-order valence-electron chi connectivity index (χ4n) is 1.87. The van der Waals surface area contributed by atoms with Crippen molar-refractivity contribution in [2.75, 3.05) is 13.6 Å². The quantitative estimate of drug-likeness (QED) is 0.889. The topological polar surface area (TPSA) is 32.3 Å². The summed E-state index contributed by atoms with van der Waals surface area (Å²) in [6.45, 7) is 1.61. The summed E-state index contributed by atoms with van der Waals surface area (Å²) in [5.74, 6) is 0.0213. The number of likely N-dealkylation sites (N-methyl/N-ethyl adjacent to an activating group) is 1. The lowest BCUT2D eigenvalue weighted by Crippen LogP contribution is -2.34. The SMILES string of the molecule is CN(CC(=O)NCc1cccs1)Cc1ccccc1Cl. The van der Waals surface area contributed by atoms with Crippen LogP contribution in [0.2, 0.25) is 5.02 Å². The van der Waals surface area contributed by atoms with E-state index in [1.165, 1.54) is 0 Å². The number of rotatable bonds is 6. The molecular formula is C15H17ClN2OS. The van der Waals surface area contributed by atoms with Crippen LogP contribution in [0.15, 0.2) is 41.8 Å². The molecule has 0 aliphatic heterocycles. The second-order valence-corrected chi connectivity index (χ2v) is 6.06. The third-order valence-corrected chi connectivity index (χ3v) is 4.10. The molecule has 0 atom stereocenters. The Bertz CT molecular complexity index is 557. The Labute approximate surface area is 128 Å². The number of nitrogens with one attached hydrogen (secondary N) is 1. The number of amides is 1. The van der Waals surface area contributed by atoms with Gasteiger partial charge in [0.25, 0.3) is 0 Å². The Kier molecular flexibility index (Phi) is 5.59. The minimum atomic E-state index is 0.0213. The highest BCUT2D eigenvalue weighted by molar-refractivity contribution is 7.09. The van der Waals surface area contributed by atoms with Gasteiger partial charge in [-0.2, -0.15) is 0 Å². The molecule has 1 heterocycles. The number of halogens is 1. The van der Waals surface area contributed by atoms with E-state index in [9.17, 15) is 4.79 Å². The minimum absolute atomic E-state index is 0.0213. The zero-order chi connectivity index (χ0) is 14.4. The van der Waals surface area contributed by atoms with Gasteiger partial charge in [-0.25, -0.2) is 0 Å². The van der Waals surface area contributed by atoms with E-state index in [1.807, 2.05) is 53.7 Å². The van der Waals surface area contributed by atoms with Gasteiger partial charge in [0.2, 0.25) is 5.91 Å². The molecule has 0 bridgehead atoms. The molecule has 1 amide bonds. The molecule has 2 rings (SSSR count). The Morgan fingerprint density at radius 1 is 1.30 bits per heavy atom. The highest BCUT2D eigenvalue weighted by atomic mass is 35.5. The summed E-state index contributed by atoms with van der Waals surface area (Å²) in [6, 6.07) is 11.7. The Hall–Kier alpha value is -1.36. The molecule has 0 saturated carbocycles. The first-order chi connectivity index (χ1) is 9.65. The summed E-state index contributed by atoms with van der Waals surface area (Å²) >= 11 is 7.75. The molecule has 0 saturated heterocycles. The molecule has 106 valence electrons. The van der Waals surface area contributed by atoms with Crippen LogP contribution >= 0.6 is 22.9 Å². The smallest absolute Gasteiger partial charge is 0.234 e. The maximum absolute atomic E-state index is 11.8. The van der Waals surface area contributed by atoms with Crippen LogP contribution in [0.5, 0.6) is 0 Å². The maximum Gasteiger partial charge on any atom is 0.234 e. The van der Waals surface area contributed by atoms with E-state index in [1.54, 1.807) is 11.3 Å². The first kappa shape index (κ1) is 15.0. The fraction of sp³-hybridized carbons (Fsp3) is 0.267. The molecule has 0 spiro atoms. The van der Waals surface area contributed by atoms with E-state index in [0.717, 1.165) is 15.5 Å². The van der Waals surface area contributed by atoms with Crippen LogP contribution in [0, 0.1) is 0 Å². The molecule has 0 radical (unpaired) electrons. The van der Waals surface area contributed by atoms with Crippen molar-refractivity contribution in [3.8, 4) is 0 Å². The molecule has 1 aromatic carbocycles. The number of benzene rings is 1. The van der Waals surface area contributed by atoms with Crippen LogP contribution in [0.25, 0.3) is 0 Å². The third-order valence-electron chi connectivity index (χ3n) is 2.85. The summed E-state index contributed by atoms with van der Waals surface area (Å²) < 4.78 is 0. The molecular weight excluding hydrogens is 292 g/mol. The van der Waals surface area contributed by atoms with Gasteiger partial charge in [-0.15, -0.1) is 11.3 Å². The van der Waals surface area contributed by atoms with Crippen molar-refractivity contribution in [2.45, 2.75) is 13.1 Å². The van der Waals surface area contributed by atoms with Crippen LogP contribution in [0.4, 0.5) is 0 Å². The van der Waals surface area contributed by atoms with Crippen molar-refractivity contribution in [1.82, 2.24) is 10.2 Å². The van der Waals surface area contributed by atoms with Crippen molar-refractivity contribution >= 4 is 28.8 Å². The summed E-state index contributed by atoms with van der Waals surface area (Å²) in [5, 5.41) is 5.65. The van der Waals surface area contributed by atoms with Crippen LogP contribution in [0.1, 0.15) is 10.4 Å². The summed E-state index contributed by atoms with van der Waals surface area (Å²) in [7, 11) is 1.91. The largest absolute Gasteiger partial charge is 0.350 e. The summed E-state index contributed by atoms with van der Waals surface area (Å²) in [5.41, 5.74) is 1.03. The number of hydrogen-bond acceptors (Lipinski definition) is 3. The summed E-state index contributed by atoms with van der Waals surface area (Å²) in [6.07, 6.45) is 0. The monoisotopic (exact) mass is 308 g/mol. The third kappa shape index (κ3) is 4.63. The van der Waals surface area contributed by atoms with E-state index in [0.29, 0.717) is 19.6 Å². The first-order valence-electron chi connectivity index (χ1n) is 6.36. The molecule has 1 aromatic heterocycles. The van der Waals surface area contributed by atoms with E-state index >= 15 is 0 Å². The molecule has 0 aliphatic rings. The second kappa shape index (κ2) is 7.43. The van der Waals surface area contributed by atoms with E-state index < -0.39 is 0 Å². The molecule has 5 heteroatoms. The van der Waals surface area contributed by atoms with Gasteiger partial charge < -0.3 is 5.32 Å². The maximum atomic E-state index is 11.8. The highest BCUT2D eigenvalue weighted by Crippen LogP contribution is 2.16. The van der Waals surface area contributed by atoms with Crippen LogP contribution < -0.4 is 5.32 Å². The zero-order valence-corrected chi connectivity index (χ0v) is 12.9. The lowest BCUT2D eigenvalue weighted by Gasteiger charge is -2.17. The Morgan fingerprint density at radius 3 is 2.80 bits per heavy atom. The van der Waals surface area contributed by atoms with E-state index in [4.69, 9.17) is 11.6 Å². The summed E-state index contributed by atoms with van der Waals surface area (Å²) in [4.78, 5) is 15.0. The lowest BCUT2D eigenvalue weighted by molar-refractivity contribution is -0.122. The molecule has 0 fully saturated rings. The van der Waals surface area contributed by atoms with Crippen LogP contribution in [-0.2, 0) is 17.9 Å². The van der Waals surface area contributed by atoms with Gasteiger partial charge in [0.05, 0.1) is 13.1 Å². The second-order valence-electron chi connectivity index (χ2n) is 4.62. The fourth-order valence-corrected chi connectivity index (χ4v) is 2.71. The van der Waals surface area contributed by atoms with E-state index in [2.05, 4.69) is 5.32 Å². The lowest BCUT2D eigenvalue weighted by atomic mass is 10.2. The predicted octanol–water partition coefficient (Wildman–Crippen LogP) is 3.15.